The number of thioether (sulfide) groups is 1. The Morgan fingerprint density at radius 2 is 1.70 bits per heavy atom. The molecule has 0 radical (unpaired) electrons. The van der Waals surface area contributed by atoms with Gasteiger partial charge < -0.3 is 10.2 Å². The maximum Gasteiger partial charge on any atom is 0.0411 e. The van der Waals surface area contributed by atoms with Gasteiger partial charge in [-0.3, -0.25) is 0 Å². The molecule has 0 aromatic heterocycles. The van der Waals surface area contributed by atoms with Crippen molar-refractivity contribution in [2.45, 2.75) is 32.7 Å². The Hall–Kier alpha value is -0.510. The fourth-order valence-corrected chi connectivity index (χ4v) is 3.29. The molecule has 0 saturated heterocycles. The highest BCUT2D eigenvalue weighted by molar-refractivity contribution is 7.99. The van der Waals surface area contributed by atoms with E-state index in [9.17, 15) is 0 Å². The third kappa shape index (κ3) is 6.29. The Balaban J connectivity index is 2.56. The van der Waals surface area contributed by atoms with Gasteiger partial charge in [-0.1, -0.05) is 45.0 Å². The molecule has 0 saturated carbocycles. The van der Waals surface area contributed by atoms with Gasteiger partial charge in [-0.25, -0.2) is 0 Å². The third-order valence-corrected chi connectivity index (χ3v) is 4.46. The molecule has 1 aromatic rings. The fraction of sp³-hybridized carbons (Fsp3) is 0.647. The lowest BCUT2D eigenvalue weighted by Gasteiger charge is -2.19. The molecular formula is C17H30N2S. The van der Waals surface area contributed by atoms with Gasteiger partial charge in [-0.05, 0) is 37.7 Å². The summed E-state index contributed by atoms with van der Waals surface area (Å²) in [6.45, 7) is 8.84. The van der Waals surface area contributed by atoms with E-state index in [-0.39, 0.29) is 0 Å². The molecule has 0 fully saturated rings. The van der Waals surface area contributed by atoms with E-state index in [1.54, 1.807) is 0 Å². The number of benzene rings is 1. The first-order chi connectivity index (χ1) is 9.54. The van der Waals surface area contributed by atoms with E-state index in [2.05, 4.69) is 69.3 Å². The quantitative estimate of drug-likeness (QED) is 0.698. The van der Waals surface area contributed by atoms with Crippen molar-refractivity contribution in [2.24, 2.45) is 0 Å². The average molecular weight is 295 g/mol. The Morgan fingerprint density at radius 3 is 2.20 bits per heavy atom. The first-order valence-corrected chi connectivity index (χ1v) is 8.75. The summed E-state index contributed by atoms with van der Waals surface area (Å²) < 4.78 is 0. The summed E-state index contributed by atoms with van der Waals surface area (Å²) in [5.74, 6) is 2.94. The molecule has 0 spiro atoms. The van der Waals surface area contributed by atoms with E-state index in [1.165, 1.54) is 16.9 Å². The van der Waals surface area contributed by atoms with Gasteiger partial charge in [0.25, 0.3) is 0 Å². The van der Waals surface area contributed by atoms with Crippen LogP contribution in [-0.4, -0.2) is 43.6 Å². The van der Waals surface area contributed by atoms with Crippen LogP contribution in [0.4, 0.5) is 0 Å². The molecule has 0 amide bonds. The molecule has 0 aliphatic carbocycles. The zero-order valence-corrected chi connectivity index (χ0v) is 14.5. The van der Waals surface area contributed by atoms with E-state index >= 15 is 0 Å². The molecule has 1 atom stereocenters. The second kappa shape index (κ2) is 9.43. The van der Waals surface area contributed by atoms with E-state index in [0.29, 0.717) is 12.0 Å². The minimum absolute atomic E-state index is 0.466. The number of nitrogens with zero attached hydrogens (tertiary/aromatic N) is 1. The molecule has 20 heavy (non-hydrogen) atoms. The smallest absolute Gasteiger partial charge is 0.0411 e. The first kappa shape index (κ1) is 17.5. The number of rotatable bonds is 9. The maximum absolute atomic E-state index is 3.60. The predicted molar refractivity (Wildman–Crippen MR) is 92.8 cm³/mol. The van der Waals surface area contributed by atoms with Crippen molar-refractivity contribution < 1.29 is 0 Å². The normalized spacial score (nSPS) is 13.2. The highest BCUT2D eigenvalue weighted by atomic mass is 32.2. The van der Waals surface area contributed by atoms with Crippen LogP contribution in [0.15, 0.2) is 24.3 Å². The largest absolute Gasteiger partial charge is 0.310 e. The van der Waals surface area contributed by atoms with Crippen molar-refractivity contribution in [1.29, 1.82) is 0 Å². The Bertz CT molecular complexity index is 360. The van der Waals surface area contributed by atoms with Crippen LogP contribution in [0.2, 0.25) is 0 Å². The molecule has 0 aliphatic rings. The van der Waals surface area contributed by atoms with Gasteiger partial charge in [-0.2, -0.15) is 11.8 Å². The standard InChI is InChI=1S/C17H30N2S/c1-6-18-17(13-20-12-11-19(4)5)16-9-7-15(8-10-16)14(2)3/h7-10,14,17-18H,6,11-13H2,1-5H3. The predicted octanol–water partition coefficient (Wildman–Crippen LogP) is 3.76. The molecule has 2 nitrogen and oxygen atoms in total. The van der Waals surface area contributed by atoms with Crippen molar-refractivity contribution in [3.05, 3.63) is 35.4 Å². The lowest BCUT2D eigenvalue weighted by molar-refractivity contribution is 0.437. The molecule has 0 bridgehead atoms. The number of hydrogen-bond acceptors (Lipinski definition) is 3. The van der Waals surface area contributed by atoms with Crippen LogP contribution >= 0.6 is 11.8 Å². The molecule has 1 unspecified atom stereocenters. The van der Waals surface area contributed by atoms with Gasteiger partial charge in [0, 0.05) is 24.1 Å². The number of nitrogens with one attached hydrogen (secondary N) is 1. The summed E-state index contributed by atoms with van der Waals surface area (Å²) in [5.41, 5.74) is 2.83. The van der Waals surface area contributed by atoms with Crippen LogP contribution in [-0.2, 0) is 0 Å². The number of hydrogen-bond donors (Lipinski definition) is 1. The fourth-order valence-electron chi connectivity index (χ4n) is 2.08. The molecule has 114 valence electrons. The van der Waals surface area contributed by atoms with Crippen molar-refractivity contribution in [3.8, 4) is 0 Å². The minimum atomic E-state index is 0.466. The summed E-state index contributed by atoms with van der Waals surface area (Å²) in [4.78, 5) is 2.24. The monoisotopic (exact) mass is 294 g/mol. The second-order valence-electron chi connectivity index (χ2n) is 5.81. The van der Waals surface area contributed by atoms with Crippen LogP contribution in [0.3, 0.4) is 0 Å². The molecule has 0 heterocycles. The Labute approximate surface area is 129 Å². The van der Waals surface area contributed by atoms with Gasteiger partial charge >= 0.3 is 0 Å². The van der Waals surface area contributed by atoms with E-state index in [1.807, 2.05) is 11.8 Å². The third-order valence-electron chi connectivity index (χ3n) is 3.42. The molecular weight excluding hydrogens is 264 g/mol. The highest BCUT2D eigenvalue weighted by Gasteiger charge is 2.10. The van der Waals surface area contributed by atoms with E-state index < -0.39 is 0 Å². The molecule has 3 heteroatoms. The Kier molecular flexibility index (Phi) is 8.27. The van der Waals surface area contributed by atoms with Crippen LogP contribution in [0, 0.1) is 0 Å². The summed E-state index contributed by atoms with van der Waals surface area (Å²) >= 11 is 2.03. The van der Waals surface area contributed by atoms with Crippen LogP contribution in [0.1, 0.15) is 43.9 Å². The highest BCUT2D eigenvalue weighted by Crippen LogP contribution is 2.21. The summed E-state index contributed by atoms with van der Waals surface area (Å²) in [6, 6.07) is 9.59. The molecule has 1 aromatic carbocycles. The zero-order chi connectivity index (χ0) is 15.0. The zero-order valence-electron chi connectivity index (χ0n) is 13.6. The topological polar surface area (TPSA) is 15.3 Å². The van der Waals surface area contributed by atoms with Gasteiger partial charge in [0.05, 0.1) is 0 Å². The Morgan fingerprint density at radius 1 is 1.10 bits per heavy atom. The van der Waals surface area contributed by atoms with Crippen LogP contribution in [0.5, 0.6) is 0 Å². The van der Waals surface area contributed by atoms with E-state index in [4.69, 9.17) is 0 Å². The van der Waals surface area contributed by atoms with Crippen molar-refractivity contribution >= 4 is 11.8 Å². The molecule has 1 N–H and O–H groups in total. The summed E-state index contributed by atoms with van der Waals surface area (Å²) in [5, 5.41) is 3.60. The van der Waals surface area contributed by atoms with Gasteiger partial charge in [-0.15, -0.1) is 0 Å². The van der Waals surface area contributed by atoms with Crippen molar-refractivity contribution in [1.82, 2.24) is 10.2 Å². The maximum atomic E-state index is 3.60. The van der Waals surface area contributed by atoms with Gasteiger partial charge in [0.2, 0.25) is 0 Å². The molecule has 1 rings (SSSR count). The van der Waals surface area contributed by atoms with Crippen molar-refractivity contribution in [3.63, 3.8) is 0 Å². The van der Waals surface area contributed by atoms with E-state index in [0.717, 1.165) is 18.8 Å². The molecule has 0 aliphatic heterocycles. The average Bonchev–Trinajstić information content (AvgIpc) is 2.42. The summed E-state index contributed by atoms with van der Waals surface area (Å²) in [7, 11) is 4.26. The SMILES string of the molecule is CCNC(CSCCN(C)C)c1ccc(C(C)C)cc1. The summed E-state index contributed by atoms with van der Waals surface area (Å²) in [6.07, 6.45) is 0. The van der Waals surface area contributed by atoms with Crippen LogP contribution < -0.4 is 5.32 Å². The lowest BCUT2D eigenvalue weighted by atomic mass is 9.99. The minimum Gasteiger partial charge on any atom is -0.310 e. The van der Waals surface area contributed by atoms with Gasteiger partial charge in [0.15, 0.2) is 0 Å². The first-order valence-electron chi connectivity index (χ1n) is 7.60. The second-order valence-corrected chi connectivity index (χ2v) is 6.96. The van der Waals surface area contributed by atoms with Gasteiger partial charge in [0.1, 0.15) is 0 Å². The lowest BCUT2D eigenvalue weighted by Crippen LogP contribution is -2.24. The van der Waals surface area contributed by atoms with Crippen LogP contribution in [0.25, 0.3) is 0 Å². The van der Waals surface area contributed by atoms with Crippen molar-refractivity contribution in [2.75, 3.05) is 38.7 Å².